The second kappa shape index (κ2) is 5.29. The van der Waals surface area contributed by atoms with Crippen molar-refractivity contribution in [3.8, 4) is 0 Å². The molecule has 1 atom stereocenters. The van der Waals surface area contributed by atoms with E-state index in [2.05, 4.69) is 23.4 Å². The summed E-state index contributed by atoms with van der Waals surface area (Å²) in [4.78, 5) is 1.18. The molecule has 0 fully saturated rings. The van der Waals surface area contributed by atoms with Crippen LogP contribution in [-0.2, 0) is 6.42 Å². The lowest BCUT2D eigenvalue weighted by Gasteiger charge is -2.08. The van der Waals surface area contributed by atoms with Crippen molar-refractivity contribution in [1.82, 2.24) is 9.59 Å². The molecule has 0 aliphatic rings. The molecule has 1 unspecified atom stereocenters. The maximum Gasteiger partial charge on any atom is 0.0800 e. The Morgan fingerprint density at radius 2 is 2.23 bits per heavy atom. The van der Waals surface area contributed by atoms with Crippen molar-refractivity contribution in [1.29, 1.82) is 0 Å². The lowest BCUT2D eigenvalue weighted by atomic mass is 10.1. The van der Waals surface area contributed by atoms with Gasteiger partial charge < -0.3 is 5.73 Å². The van der Waals surface area contributed by atoms with Gasteiger partial charge in [-0.25, -0.2) is 0 Å². The quantitative estimate of drug-likeness (QED) is 0.791. The summed E-state index contributed by atoms with van der Waals surface area (Å²) in [6.45, 7) is 4.27. The molecule has 0 aliphatic heterocycles. The largest absolute Gasteiger partial charge is 0.323 e. The van der Waals surface area contributed by atoms with E-state index in [0.717, 1.165) is 18.5 Å². The topological polar surface area (TPSA) is 51.8 Å². The summed E-state index contributed by atoms with van der Waals surface area (Å²) >= 11 is 1.45. The van der Waals surface area contributed by atoms with Crippen LogP contribution in [0.15, 0.2) is 0 Å². The molecule has 0 aromatic carbocycles. The lowest BCUT2D eigenvalue weighted by Crippen LogP contribution is -2.10. The predicted octanol–water partition coefficient (Wildman–Crippen LogP) is 2.29. The number of aromatic nitrogens is 2. The summed E-state index contributed by atoms with van der Waals surface area (Å²) in [5, 5.41) is 4.05. The van der Waals surface area contributed by atoms with E-state index in [-0.39, 0.29) is 6.04 Å². The van der Waals surface area contributed by atoms with Crippen molar-refractivity contribution in [3.63, 3.8) is 0 Å². The number of hydrogen-bond acceptors (Lipinski definition) is 4. The average Bonchev–Trinajstić information content (AvgIpc) is 2.61. The third kappa shape index (κ3) is 2.74. The number of rotatable bonds is 5. The second-order valence-electron chi connectivity index (χ2n) is 3.19. The Hall–Kier alpha value is -0.480. The highest BCUT2D eigenvalue weighted by Gasteiger charge is 2.13. The van der Waals surface area contributed by atoms with Gasteiger partial charge in [-0.3, -0.25) is 0 Å². The first kappa shape index (κ1) is 10.6. The average molecular weight is 199 g/mol. The van der Waals surface area contributed by atoms with Crippen molar-refractivity contribution < 1.29 is 0 Å². The van der Waals surface area contributed by atoms with Gasteiger partial charge in [0.25, 0.3) is 0 Å². The van der Waals surface area contributed by atoms with Crippen LogP contribution in [0.25, 0.3) is 0 Å². The smallest absolute Gasteiger partial charge is 0.0800 e. The van der Waals surface area contributed by atoms with Crippen LogP contribution in [-0.4, -0.2) is 9.59 Å². The lowest BCUT2D eigenvalue weighted by molar-refractivity contribution is 0.606. The summed E-state index contributed by atoms with van der Waals surface area (Å²) in [6.07, 6.45) is 4.36. The SMILES string of the molecule is CCCCC(N)c1snnc1CC. The Balaban J connectivity index is 2.59. The van der Waals surface area contributed by atoms with Gasteiger partial charge in [0.1, 0.15) is 0 Å². The summed E-state index contributed by atoms with van der Waals surface area (Å²) in [6, 6.07) is 0.148. The third-order valence-corrected chi connectivity index (χ3v) is 3.02. The summed E-state index contributed by atoms with van der Waals surface area (Å²) in [5.74, 6) is 0. The number of hydrogen-bond donors (Lipinski definition) is 1. The van der Waals surface area contributed by atoms with Gasteiger partial charge in [-0.2, -0.15) is 0 Å². The molecule has 1 heterocycles. The van der Waals surface area contributed by atoms with E-state index in [4.69, 9.17) is 5.73 Å². The highest BCUT2D eigenvalue weighted by Crippen LogP contribution is 2.22. The second-order valence-corrected chi connectivity index (χ2v) is 3.97. The van der Waals surface area contributed by atoms with Gasteiger partial charge in [0.2, 0.25) is 0 Å². The van der Waals surface area contributed by atoms with E-state index in [1.165, 1.54) is 29.3 Å². The van der Waals surface area contributed by atoms with Crippen LogP contribution in [0, 0.1) is 0 Å². The van der Waals surface area contributed by atoms with Gasteiger partial charge in [-0.15, -0.1) is 5.10 Å². The maximum absolute atomic E-state index is 6.03. The first-order valence-electron chi connectivity index (χ1n) is 4.86. The van der Waals surface area contributed by atoms with Gasteiger partial charge in [0, 0.05) is 6.04 Å². The molecule has 2 N–H and O–H groups in total. The van der Waals surface area contributed by atoms with Gasteiger partial charge in [-0.1, -0.05) is 31.2 Å². The molecule has 3 nitrogen and oxygen atoms in total. The summed E-state index contributed by atoms with van der Waals surface area (Å²) in [7, 11) is 0. The zero-order valence-electron chi connectivity index (χ0n) is 8.29. The van der Waals surface area contributed by atoms with Crippen LogP contribution in [0.4, 0.5) is 0 Å². The van der Waals surface area contributed by atoms with Crippen molar-refractivity contribution in [2.75, 3.05) is 0 Å². The van der Waals surface area contributed by atoms with Gasteiger partial charge >= 0.3 is 0 Å². The summed E-state index contributed by atoms with van der Waals surface area (Å²) < 4.78 is 3.93. The van der Waals surface area contributed by atoms with Gasteiger partial charge in [0.05, 0.1) is 10.6 Å². The Morgan fingerprint density at radius 1 is 1.46 bits per heavy atom. The van der Waals surface area contributed by atoms with E-state index in [0.29, 0.717) is 0 Å². The molecular formula is C9H17N3S. The Morgan fingerprint density at radius 3 is 2.85 bits per heavy atom. The van der Waals surface area contributed by atoms with Gasteiger partial charge in [-0.05, 0) is 24.4 Å². The molecule has 13 heavy (non-hydrogen) atoms. The van der Waals surface area contributed by atoms with Crippen LogP contribution in [0.3, 0.4) is 0 Å². The number of aryl methyl sites for hydroxylation is 1. The van der Waals surface area contributed by atoms with Crippen LogP contribution < -0.4 is 5.73 Å². The molecule has 4 heteroatoms. The van der Waals surface area contributed by atoms with Crippen molar-refractivity contribution in [2.45, 2.75) is 45.6 Å². The molecule has 0 radical (unpaired) electrons. The van der Waals surface area contributed by atoms with E-state index >= 15 is 0 Å². The first-order chi connectivity index (χ1) is 6.29. The summed E-state index contributed by atoms with van der Waals surface area (Å²) in [5.41, 5.74) is 7.11. The van der Waals surface area contributed by atoms with E-state index in [9.17, 15) is 0 Å². The van der Waals surface area contributed by atoms with Crippen LogP contribution in [0.1, 0.15) is 49.7 Å². The van der Waals surface area contributed by atoms with E-state index in [1.807, 2.05) is 0 Å². The number of nitrogens with two attached hydrogens (primary N) is 1. The Kier molecular flexibility index (Phi) is 4.32. The molecule has 0 spiro atoms. The minimum atomic E-state index is 0.148. The zero-order valence-corrected chi connectivity index (χ0v) is 9.10. The minimum Gasteiger partial charge on any atom is -0.323 e. The number of nitrogens with zero attached hydrogens (tertiary/aromatic N) is 2. The Bertz CT molecular complexity index is 247. The minimum absolute atomic E-state index is 0.148. The molecule has 0 amide bonds. The molecule has 74 valence electrons. The van der Waals surface area contributed by atoms with Crippen molar-refractivity contribution >= 4 is 11.5 Å². The molecule has 0 saturated heterocycles. The van der Waals surface area contributed by atoms with Gasteiger partial charge in [0.15, 0.2) is 0 Å². The fourth-order valence-corrected chi connectivity index (χ4v) is 2.07. The molecular weight excluding hydrogens is 182 g/mol. The molecule has 0 bridgehead atoms. The maximum atomic E-state index is 6.03. The third-order valence-electron chi connectivity index (χ3n) is 2.13. The first-order valence-corrected chi connectivity index (χ1v) is 5.63. The molecule has 1 aromatic heterocycles. The zero-order chi connectivity index (χ0) is 9.68. The normalized spacial score (nSPS) is 13.2. The monoisotopic (exact) mass is 199 g/mol. The predicted molar refractivity (Wildman–Crippen MR) is 55.7 cm³/mol. The highest BCUT2D eigenvalue weighted by molar-refractivity contribution is 7.05. The van der Waals surface area contributed by atoms with Crippen LogP contribution >= 0.6 is 11.5 Å². The molecule has 0 saturated carbocycles. The van der Waals surface area contributed by atoms with E-state index < -0.39 is 0 Å². The van der Waals surface area contributed by atoms with Crippen molar-refractivity contribution in [2.24, 2.45) is 5.73 Å². The van der Waals surface area contributed by atoms with Crippen LogP contribution in [0.5, 0.6) is 0 Å². The molecule has 1 aromatic rings. The number of unbranched alkanes of at least 4 members (excludes halogenated alkanes) is 1. The molecule has 1 rings (SSSR count). The van der Waals surface area contributed by atoms with Crippen LogP contribution in [0.2, 0.25) is 0 Å². The Labute approximate surface area is 83.5 Å². The van der Waals surface area contributed by atoms with Crippen molar-refractivity contribution in [3.05, 3.63) is 10.6 Å². The highest BCUT2D eigenvalue weighted by atomic mass is 32.1. The molecule has 0 aliphatic carbocycles. The fraction of sp³-hybridized carbons (Fsp3) is 0.778. The standard InChI is InChI=1S/C9H17N3S/c1-3-5-6-7(10)9-8(4-2)11-12-13-9/h7H,3-6,10H2,1-2H3. The van der Waals surface area contributed by atoms with E-state index in [1.54, 1.807) is 0 Å². The fourth-order valence-electron chi connectivity index (χ4n) is 1.30.